The third-order valence-corrected chi connectivity index (χ3v) is 6.75. The number of rotatable bonds is 10. The van der Waals surface area contributed by atoms with Crippen LogP contribution in [0.3, 0.4) is 0 Å². The van der Waals surface area contributed by atoms with E-state index in [1.165, 1.54) is 4.68 Å². The van der Waals surface area contributed by atoms with Crippen LogP contribution in [-0.2, 0) is 6.42 Å². The van der Waals surface area contributed by atoms with Crippen molar-refractivity contribution < 1.29 is 9.13 Å². The Labute approximate surface area is 230 Å². The van der Waals surface area contributed by atoms with Gasteiger partial charge < -0.3 is 31.4 Å². The molecule has 0 fully saturated rings. The van der Waals surface area contributed by atoms with Gasteiger partial charge in [-0.05, 0) is 62.5 Å². The normalized spacial score (nSPS) is 12.2. The summed E-state index contributed by atoms with van der Waals surface area (Å²) >= 11 is 0. The van der Waals surface area contributed by atoms with E-state index >= 15 is 4.39 Å². The van der Waals surface area contributed by atoms with E-state index in [0.29, 0.717) is 42.5 Å². The van der Waals surface area contributed by atoms with Crippen LogP contribution in [0, 0.1) is 5.82 Å². The highest BCUT2D eigenvalue weighted by atomic mass is 19.1. The van der Waals surface area contributed by atoms with Gasteiger partial charge in [-0.3, -0.25) is 4.98 Å². The summed E-state index contributed by atoms with van der Waals surface area (Å²) in [6, 6.07) is 15.2. The Bertz CT molecular complexity index is 1700. The van der Waals surface area contributed by atoms with E-state index in [-0.39, 0.29) is 17.1 Å². The molecule has 40 heavy (non-hydrogen) atoms. The molecule has 7 N–H and O–H groups in total. The van der Waals surface area contributed by atoms with E-state index in [1.807, 2.05) is 44.1 Å². The number of fused-ring (bicyclic) bond motifs is 1. The second-order valence-electron chi connectivity index (χ2n) is 9.87. The number of benzene rings is 3. The lowest BCUT2D eigenvalue weighted by atomic mass is 10.00. The van der Waals surface area contributed by atoms with Gasteiger partial charge in [0.2, 0.25) is 0 Å². The lowest BCUT2D eigenvalue weighted by Crippen LogP contribution is -2.21. The zero-order valence-electron chi connectivity index (χ0n) is 22.7. The molecular formula is C29H33FN8O2. The summed E-state index contributed by atoms with van der Waals surface area (Å²) in [7, 11) is 3.85. The predicted molar refractivity (Wildman–Crippen MR) is 157 cm³/mol. The number of anilines is 3. The highest BCUT2D eigenvalue weighted by molar-refractivity contribution is 5.94. The van der Waals surface area contributed by atoms with Crippen LogP contribution >= 0.6 is 0 Å². The molecule has 1 unspecified atom stereocenters. The van der Waals surface area contributed by atoms with E-state index in [4.69, 9.17) is 16.2 Å². The minimum absolute atomic E-state index is 0.144. The Balaban J connectivity index is 1.63. The van der Waals surface area contributed by atoms with Crippen molar-refractivity contribution in [2.45, 2.75) is 19.4 Å². The number of nitrogens with two attached hydrogens (primary N) is 2. The van der Waals surface area contributed by atoms with Crippen LogP contribution in [-0.4, -0.2) is 51.9 Å². The number of aryl methyl sites for hydroxylation is 1. The molecule has 0 aliphatic heterocycles. The molecule has 10 nitrogen and oxygen atoms in total. The summed E-state index contributed by atoms with van der Waals surface area (Å²) in [4.78, 5) is 20.8. The van der Waals surface area contributed by atoms with Gasteiger partial charge in [-0.25, -0.2) is 9.18 Å². The first-order valence-electron chi connectivity index (χ1n) is 13.0. The molecule has 5 rings (SSSR count). The SMILES string of the molecule is CCc1cc(OCCN(C)C)c(F)c(C(Nc2ccc3c(N)[nH]cc3c2)c2nn(-c3ccccc3N)c(=O)[nH]2)c1. The number of para-hydroxylation sites is 2. The molecule has 0 saturated heterocycles. The number of likely N-dealkylation sites (N-methyl/N-ethyl adjacent to an activating group) is 1. The number of H-pyrrole nitrogens is 2. The Kier molecular flexibility index (Phi) is 7.47. The number of nitrogens with one attached hydrogen (secondary N) is 3. The van der Waals surface area contributed by atoms with E-state index in [0.717, 1.165) is 16.3 Å². The summed E-state index contributed by atoms with van der Waals surface area (Å²) in [5.74, 6) is 0.386. The van der Waals surface area contributed by atoms with Crippen LogP contribution in [0.4, 0.5) is 21.6 Å². The molecule has 0 spiro atoms. The van der Waals surface area contributed by atoms with Crippen molar-refractivity contribution in [1.29, 1.82) is 0 Å². The Morgan fingerprint density at radius 2 is 1.95 bits per heavy atom. The zero-order chi connectivity index (χ0) is 28.4. The first kappa shape index (κ1) is 26.8. The van der Waals surface area contributed by atoms with Crippen LogP contribution in [0.2, 0.25) is 0 Å². The fraction of sp³-hybridized carbons (Fsp3) is 0.241. The summed E-state index contributed by atoms with van der Waals surface area (Å²) in [6.45, 7) is 2.93. The highest BCUT2D eigenvalue weighted by Gasteiger charge is 2.26. The Morgan fingerprint density at radius 1 is 1.15 bits per heavy atom. The minimum Gasteiger partial charge on any atom is -0.489 e. The quantitative estimate of drug-likeness (QED) is 0.167. The van der Waals surface area contributed by atoms with Crippen molar-refractivity contribution in [3.63, 3.8) is 0 Å². The monoisotopic (exact) mass is 544 g/mol. The van der Waals surface area contributed by atoms with Gasteiger partial charge in [-0.2, -0.15) is 4.68 Å². The number of aromatic amines is 2. The van der Waals surface area contributed by atoms with Crippen molar-refractivity contribution in [2.24, 2.45) is 0 Å². The van der Waals surface area contributed by atoms with Gasteiger partial charge >= 0.3 is 5.69 Å². The van der Waals surface area contributed by atoms with Crippen LogP contribution in [0.5, 0.6) is 5.75 Å². The maximum absolute atomic E-state index is 16.2. The number of aromatic nitrogens is 4. The van der Waals surface area contributed by atoms with Crippen molar-refractivity contribution in [3.8, 4) is 11.4 Å². The number of ether oxygens (including phenoxy) is 1. The predicted octanol–water partition coefficient (Wildman–Crippen LogP) is 4.05. The lowest BCUT2D eigenvalue weighted by molar-refractivity contribution is 0.251. The van der Waals surface area contributed by atoms with Crippen molar-refractivity contribution in [2.75, 3.05) is 44.0 Å². The molecule has 3 aromatic carbocycles. The van der Waals surface area contributed by atoms with Gasteiger partial charge in [0.15, 0.2) is 17.4 Å². The standard InChI is InChI=1S/C29H33FN8O2/c1-4-17-13-21(25(30)24(14-17)40-12-11-37(2)3)26(34-19-9-10-20-18(15-19)16-33-27(20)32)28-35-29(39)38(36-28)23-8-6-5-7-22(23)31/h5-10,13-16,26,33-34H,4,11-12,31-32H2,1-3H3,(H,35,36,39). The average Bonchev–Trinajstić information content (AvgIpc) is 3.50. The van der Waals surface area contributed by atoms with E-state index in [2.05, 4.69) is 20.4 Å². The molecule has 0 bridgehead atoms. The van der Waals surface area contributed by atoms with Gasteiger partial charge in [0.25, 0.3) is 0 Å². The van der Waals surface area contributed by atoms with Gasteiger partial charge in [0, 0.05) is 34.8 Å². The topological polar surface area (TPSA) is 143 Å². The maximum atomic E-state index is 16.2. The molecule has 1 atom stereocenters. The number of nitrogens with zero attached hydrogens (tertiary/aromatic N) is 3. The first-order valence-corrected chi connectivity index (χ1v) is 13.0. The van der Waals surface area contributed by atoms with Crippen molar-refractivity contribution in [1.82, 2.24) is 24.6 Å². The number of halogens is 1. The second kappa shape index (κ2) is 11.1. The molecule has 2 aromatic heterocycles. The smallest absolute Gasteiger partial charge is 0.348 e. The van der Waals surface area contributed by atoms with Gasteiger partial charge in [0.05, 0.1) is 11.4 Å². The fourth-order valence-electron chi connectivity index (χ4n) is 4.56. The van der Waals surface area contributed by atoms with Gasteiger partial charge in [-0.15, -0.1) is 5.10 Å². The molecule has 0 amide bonds. The molecule has 11 heteroatoms. The number of hydrogen-bond donors (Lipinski definition) is 5. The average molecular weight is 545 g/mol. The maximum Gasteiger partial charge on any atom is 0.348 e. The minimum atomic E-state index is -0.865. The van der Waals surface area contributed by atoms with Crippen LogP contribution in [0.1, 0.15) is 29.9 Å². The van der Waals surface area contributed by atoms with Crippen LogP contribution < -0.4 is 27.2 Å². The first-order chi connectivity index (χ1) is 19.2. The third kappa shape index (κ3) is 5.36. The van der Waals surface area contributed by atoms with Crippen LogP contribution in [0.15, 0.2) is 65.6 Å². The molecular weight excluding hydrogens is 511 g/mol. The summed E-state index contributed by atoms with van der Waals surface area (Å²) in [6.07, 6.45) is 2.46. The van der Waals surface area contributed by atoms with E-state index in [9.17, 15) is 4.79 Å². The zero-order valence-corrected chi connectivity index (χ0v) is 22.7. The largest absolute Gasteiger partial charge is 0.489 e. The molecule has 5 aromatic rings. The molecule has 208 valence electrons. The second-order valence-corrected chi connectivity index (χ2v) is 9.87. The van der Waals surface area contributed by atoms with Gasteiger partial charge in [0.1, 0.15) is 18.5 Å². The number of nitrogen functional groups attached to an aromatic ring is 2. The molecule has 0 aliphatic carbocycles. The molecule has 0 aliphatic rings. The van der Waals surface area contributed by atoms with Crippen molar-refractivity contribution in [3.05, 3.63) is 94.0 Å². The highest BCUT2D eigenvalue weighted by Crippen LogP contribution is 2.34. The van der Waals surface area contributed by atoms with Crippen molar-refractivity contribution >= 4 is 28.0 Å². The fourth-order valence-corrected chi connectivity index (χ4v) is 4.56. The van der Waals surface area contributed by atoms with E-state index < -0.39 is 17.5 Å². The third-order valence-electron chi connectivity index (χ3n) is 6.75. The Morgan fingerprint density at radius 3 is 2.70 bits per heavy atom. The summed E-state index contributed by atoms with van der Waals surface area (Å²) in [5.41, 5.74) is 14.3. The molecule has 0 radical (unpaired) electrons. The summed E-state index contributed by atoms with van der Waals surface area (Å²) in [5, 5.41) is 9.69. The molecule has 2 heterocycles. The summed E-state index contributed by atoms with van der Waals surface area (Å²) < 4.78 is 23.2. The van der Waals surface area contributed by atoms with Gasteiger partial charge in [-0.1, -0.05) is 25.1 Å². The number of hydrogen-bond acceptors (Lipinski definition) is 7. The van der Waals surface area contributed by atoms with E-state index in [1.54, 1.807) is 42.6 Å². The lowest BCUT2D eigenvalue weighted by Gasteiger charge is -2.21. The Hall–Kier alpha value is -4.77. The van der Waals surface area contributed by atoms with Crippen LogP contribution in [0.25, 0.3) is 16.5 Å². The molecule has 0 saturated carbocycles.